The second-order valence-corrected chi connectivity index (χ2v) is 6.28. The molecule has 5 heteroatoms. The van der Waals surface area contributed by atoms with E-state index in [-0.39, 0.29) is 6.10 Å². The third kappa shape index (κ3) is 2.62. The normalized spacial score (nSPS) is 16.9. The molecule has 1 unspecified atom stereocenters. The van der Waals surface area contributed by atoms with Crippen molar-refractivity contribution < 1.29 is 4.74 Å². The second kappa shape index (κ2) is 6.10. The molecule has 0 radical (unpaired) electrons. The van der Waals surface area contributed by atoms with Gasteiger partial charge in [0, 0.05) is 46.6 Å². The molecule has 2 heterocycles. The number of hydrogen-bond acceptors (Lipinski definition) is 4. The number of benzene rings is 1. The summed E-state index contributed by atoms with van der Waals surface area (Å²) in [6, 6.07) is 12.3. The summed E-state index contributed by atoms with van der Waals surface area (Å²) in [7, 11) is 1.77. The number of fused-ring (bicyclic) bond motifs is 3. The van der Waals surface area contributed by atoms with E-state index in [9.17, 15) is 0 Å². The van der Waals surface area contributed by atoms with Gasteiger partial charge in [0.15, 0.2) is 0 Å². The van der Waals surface area contributed by atoms with Gasteiger partial charge in [0.1, 0.15) is 6.10 Å². The fourth-order valence-electron chi connectivity index (χ4n) is 2.94. The largest absolute Gasteiger partial charge is 0.375 e. The maximum atomic E-state index is 5.64. The summed E-state index contributed by atoms with van der Waals surface area (Å²) in [6.45, 7) is 0. The van der Waals surface area contributed by atoms with E-state index in [0.29, 0.717) is 0 Å². The Morgan fingerprint density at radius 2 is 2.04 bits per heavy atom. The van der Waals surface area contributed by atoms with Gasteiger partial charge in [0.25, 0.3) is 0 Å². The maximum absolute atomic E-state index is 5.64. The number of nitrogens with one attached hydrogen (secondary N) is 2. The van der Waals surface area contributed by atoms with Gasteiger partial charge in [-0.25, -0.2) is 0 Å². The van der Waals surface area contributed by atoms with Crippen LogP contribution in [0.2, 0.25) is 0 Å². The first-order chi connectivity index (χ1) is 11.4. The lowest BCUT2D eigenvalue weighted by molar-refractivity contribution is 0.102. The summed E-state index contributed by atoms with van der Waals surface area (Å²) in [4.78, 5) is 8.80. The lowest BCUT2D eigenvalue weighted by atomic mass is 9.99. The first kappa shape index (κ1) is 14.4. The van der Waals surface area contributed by atoms with Gasteiger partial charge in [0.05, 0.1) is 5.69 Å². The first-order valence-electron chi connectivity index (χ1n) is 7.53. The minimum atomic E-state index is 0.0858. The van der Waals surface area contributed by atoms with Crippen LogP contribution in [0.1, 0.15) is 23.8 Å². The van der Waals surface area contributed by atoms with Crippen molar-refractivity contribution in [1.29, 1.82) is 0 Å². The lowest BCUT2D eigenvalue weighted by Crippen LogP contribution is -2.08. The molecule has 1 aliphatic rings. The van der Waals surface area contributed by atoms with Crippen LogP contribution in [0.15, 0.2) is 54.9 Å². The molecule has 0 amide bonds. The fraction of sp³-hybridized carbons (Fsp3) is 0.167. The molecule has 1 aliphatic carbocycles. The van der Waals surface area contributed by atoms with Crippen LogP contribution in [0.25, 0.3) is 15.8 Å². The molecular weight excluding hydrogens is 306 g/mol. The standard InChI is InChI=1S/C18H17N3OS/c1-22-15-6-7-16(23-21-12-8-10-19-11-9-12)17-13-4-2-3-5-14(13)20-18(15)17/h2-5,7-11,15,20H,6H2,1H3,(H,19,21). The summed E-state index contributed by atoms with van der Waals surface area (Å²) < 4.78 is 9.04. The van der Waals surface area contributed by atoms with E-state index < -0.39 is 0 Å². The Labute approximate surface area is 139 Å². The van der Waals surface area contributed by atoms with Gasteiger partial charge >= 0.3 is 0 Å². The van der Waals surface area contributed by atoms with Crippen molar-refractivity contribution in [2.45, 2.75) is 12.5 Å². The molecule has 2 aromatic heterocycles. The number of pyridine rings is 1. The number of aromatic amines is 1. The number of nitrogens with zero attached hydrogens (tertiary/aromatic N) is 1. The highest BCUT2D eigenvalue weighted by Gasteiger charge is 2.26. The van der Waals surface area contributed by atoms with Gasteiger partial charge in [0.2, 0.25) is 0 Å². The third-order valence-electron chi connectivity index (χ3n) is 4.06. The molecule has 0 saturated carbocycles. The lowest BCUT2D eigenvalue weighted by Gasteiger charge is -2.21. The van der Waals surface area contributed by atoms with Crippen LogP contribution < -0.4 is 4.72 Å². The molecule has 3 aromatic rings. The van der Waals surface area contributed by atoms with Crippen molar-refractivity contribution in [1.82, 2.24) is 9.97 Å². The molecule has 2 N–H and O–H groups in total. The van der Waals surface area contributed by atoms with Crippen LogP contribution in [0.5, 0.6) is 0 Å². The van der Waals surface area contributed by atoms with Gasteiger partial charge < -0.3 is 14.4 Å². The van der Waals surface area contributed by atoms with Crippen molar-refractivity contribution in [3.63, 3.8) is 0 Å². The Morgan fingerprint density at radius 1 is 1.22 bits per heavy atom. The molecular formula is C18H17N3OS. The Hall–Kier alpha value is -2.24. The maximum Gasteiger partial charge on any atom is 0.101 e. The molecule has 0 aliphatic heterocycles. The van der Waals surface area contributed by atoms with Crippen LogP contribution >= 0.6 is 11.9 Å². The molecule has 0 fully saturated rings. The van der Waals surface area contributed by atoms with Gasteiger partial charge in [-0.15, -0.1) is 0 Å². The first-order valence-corrected chi connectivity index (χ1v) is 8.35. The third-order valence-corrected chi connectivity index (χ3v) is 4.99. The van der Waals surface area contributed by atoms with E-state index in [1.54, 1.807) is 31.5 Å². The minimum Gasteiger partial charge on any atom is -0.375 e. The monoisotopic (exact) mass is 323 g/mol. The van der Waals surface area contributed by atoms with E-state index in [4.69, 9.17) is 4.74 Å². The number of para-hydroxylation sites is 1. The zero-order valence-corrected chi connectivity index (χ0v) is 13.6. The zero-order valence-electron chi connectivity index (χ0n) is 12.7. The molecule has 0 spiro atoms. The van der Waals surface area contributed by atoms with Crippen molar-refractivity contribution in [3.8, 4) is 0 Å². The van der Waals surface area contributed by atoms with E-state index >= 15 is 0 Å². The molecule has 23 heavy (non-hydrogen) atoms. The summed E-state index contributed by atoms with van der Waals surface area (Å²) in [5.41, 5.74) is 4.60. The number of ether oxygens (including phenoxy) is 1. The van der Waals surface area contributed by atoms with Crippen molar-refractivity contribution in [3.05, 3.63) is 66.1 Å². The van der Waals surface area contributed by atoms with Gasteiger partial charge in [-0.3, -0.25) is 4.98 Å². The summed E-state index contributed by atoms with van der Waals surface area (Å²) in [5, 5.41) is 1.24. The van der Waals surface area contributed by atoms with E-state index in [1.807, 2.05) is 12.1 Å². The Kier molecular flexibility index (Phi) is 3.81. The molecule has 4 nitrogen and oxygen atoms in total. The smallest absolute Gasteiger partial charge is 0.101 e. The summed E-state index contributed by atoms with van der Waals surface area (Å²) in [5.74, 6) is 0. The quantitative estimate of drug-likeness (QED) is 0.680. The summed E-state index contributed by atoms with van der Waals surface area (Å²) in [6.07, 6.45) is 6.78. The minimum absolute atomic E-state index is 0.0858. The van der Waals surface area contributed by atoms with E-state index in [2.05, 4.69) is 45.0 Å². The number of methoxy groups -OCH3 is 1. The predicted molar refractivity (Wildman–Crippen MR) is 96.1 cm³/mol. The SMILES string of the molecule is COC1CC=C(SNc2ccncc2)c2c1[nH]c1ccccc21. The molecule has 0 bridgehead atoms. The van der Waals surface area contributed by atoms with Crippen molar-refractivity contribution >= 4 is 33.4 Å². The van der Waals surface area contributed by atoms with Crippen LogP contribution in [-0.2, 0) is 4.74 Å². The zero-order chi connectivity index (χ0) is 15.6. The van der Waals surface area contributed by atoms with Crippen LogP contribution in [0.3, 0.4) is 0 Å². The second-order valence-electron chi connectivity index (χ2n) is 5.43. The highest BCUT2D eigenvalue weighted by molar-refractivity contribution is 8.09. The van der Waals surface area contributed by atoms with E-state index in [0.717, 1.165) is 23.3 Å². The van der Waals surface area contributed by atoms with Gasteiger partial charge in [-0.05, 0) is 36.6 Å². The topological polar surface area (TPSA) is 49.9 Å². The highest BCUT2D eigenvalue weighted by Crippen LogP contribution is 2.43. The Morgan fingerprint density at radius 3 is 2.87 bits per heavy atom. The van der Waals surface area contributed by atoms with Crippen LogP contribution in [0.4, 0.5) is 5.69 Å². The molecule has 0 saturated heterocycles. The number of hydrogen-bond donors (Lipinski definition) is 2. The molecule has 116 valence electrons. The van der Waals surface area contributed by atoms with Crippen molar-refractivity contribution in [2.75, 3.05) is 11.8 Å². The highest BCUT2D eigenvalue weighted by atomic mass is 32.2. The Balaban J connectivity index is 1.71. The number of aromatic nitrogens is 2. The average Bonchev–Trinajstić information content (AvgIpc) is 3.00. The van der Waals surface area contributed by atoms with Crippen LogP contribution in [0, 0.1) is 0 Å². The van der Waals surface area contributed by atoms with Gasteiger partial charge in [-0.2, -0.15) is 0 Å². The molecule has 1 aromatic carbocycles. The molecule has 1 atom stereocenters. The predicted octanol–water partition coefficient (Wildman–Crippen LogP) is 4.76. The van der Waals surface area contributed by atoms with Crippen LogP contribution in [-0.4, -0.2) is 17.1 Å². The number of H-pyrrole nitrogens is 1. The summed E-state index contributed by atoms with van der Waals surface area (Å²) >= 11 is 1.63. The fourth-order valence-corrected chi connectivity index (χ4v) is 3.81. The average molecular weight is 323 g/mol. The van der Waals surface area contributed by atoms with Crippen molar-refractivity contribution in [2.24, 2.45) is 0 Å². The van der Waals surface area contributed by atoms with E-state index in [1.165, 1.54) is 15.9 Å². The van der Waals surface area contributed by atoms with Gasteiger partial charge in [-0.1, -0.05) is 24.3 Å². The molecule has 4 rings (SSSR count). The number of rotatable bonds is 4. The Bertz CT molecular complexity index is 857. The number of anilines is 1.